The van der Waals surface area contributed by atoms with Crippen LogP contribution in [0.5, 0.6) is 0 Å². The Hall–Kier alpha value is -1.92. The van der Waals surface area contributed by atoms with Crippen molar-refractivity contribution in [1.29, 1.82) is 0 Å². The molecule has 2 atom stereocenters. The lowest BCUT2D eigenvalue weighted by molar-refractivity contribution is -0.147. The second kappa shape index (κ2) is 11.0. The van der Waals surface area contributed by atoms with E-state index in [9.17, 15) is 14.7 Å². The molecule has 2 N–H and O–H groups in total. The molecule has 6 nitrogen and oxygen atoms in total. The molecule has 3 aliphatic rings. The van der Waals surface area contributed by atoms with Crippen LogP contribution < -0.4 is 5.32 Å². The maximum absolute atomic E-state index is 13.6. The Bertz CT molecular complexity index is 787. The van der Waals surface area contributed by atoms with Gasteiger partial charge in [0.25, 0.3) is 0 Å². The second-order valence-corrected chi connectivity index (χ2v) is 10.8. The normalized spacial score (nSPS) is 28.1. The van der Waals surface area contributed by atoms with Gasteiger partial charge in [-0.05, 0) is 43.1 Å². The molecule has 4 rings (SSSR count). The van der Waals surface area contributed by atoms with E-state index < -0.39 is 11.4 Å². The van der Waals surface area contributed by atoms with Crippen molar-refractivity contribution in [3.05, 3.63) is 35.9 Å². The van der Waals surface area contributed by atoms with Gasteiger partial charge in [0.05, 0.1) is 11.8 Å². The van der Waals surface area contributed by atoms with E-state index in [0.717, 1.165) is 44.9 Å². The van der Waals surface area contributed by atoms with E-state index in [2.05, 4.69) is 27.2 Å². The van der Waals surface area contributed by atoms with E-state index in [1.165, 1.54) is 44.2 Å². The number of carboxylic acid groups (broad SMARTS) is 1. The molecule has 2 aliphatic heterocycles. The van der Waals surface area contributed by atoms with Crippen molar-refractivity contribution in [1.82, 2.24) is 15.1 Å². The molecule has 0 spiro atoms. The Morgan fingerprint density at radius 1 is 1.03 bits per heavy atom. The molecule has 2 heterocycles. The van der Waals surface area contributed by atoms with E-state index in [1.54, 1.807) is 0 Å². The number of amides is 1. The highest BCUT2D eigenvalue weighted by Gasteiger charge is 2.51. The number of benzene rings is 1. The molecule has 6 heteroatoms. The molecule has 0 radical (unpaired) electrons. The molecule has 1 saturated carbocycles. The highest BCUT2D eigenvalue weighted by atomic mass is 16.4. The minimum Gasteiger partial charge on any atom is -0.481 e. The lowest BCUT2D eigenvalue weighted by Gasteiger charge is -2.37. The van der Waals surface area contributed by atoms with Crippen molar-refractivity contribution in [2.75, 3.05) is 32.7 Å². The monoisotopic (exact) mass is 455 g/mol. The lowest BCUT2D eigenvalue weighted by Crippen LogP contribution is -2.53. The Morgan fingerprint density at radius 3 is 2.39 bits per heavy atom. The van der Waals surface area contributed by atoms with Crippen LogP contribution in [0, 0.1) is 17.3 Å². The van der Waals surface area contributed by atoms with Gasteiger partial charge in [0.1, 0.15) is 0 Å². The highest BCUT2D eigenvalue weighted by molar-refractivity contribution is 5.88. The zero-order chi connectivity index (χ0) is 23.3. The Morgan fingerprint density at radius 2 is 1.73 bits per heavy atom. The highest BCUT2D eigenvalue weighted by Crippen LogP contribution is 2.40. The molecule has 0 bridgehead atoms. The number of carbonyl (C=O) groups excluding carboxylic acids is 1. The van der Waals surface area contributed by atoms with Gasteiger partial charge < -0.3 is 15.3 Å². The third-order valence-electron chi connectivity index (χ3n) is 8.31. The summed E-state index contributed by atoms with van der Waals surface area (Å²) < 4.78 is 0. The van der Waals surface area contributed by atoms with Crippen molar-refractivity contribution >= 4 is 11.9 Å². The molecular weight excluding hydrogens is 414 g/mol. The molecule has 3 fully saturated rings. The first-order chi connectivity index (χ1) is 15.9. The third-order valence-corrected chi connectivity index (χ3v) is 8.31. The topological polar surface area (TPSA) is 72.9 Å². The summed E-state index contributed by atoms with van der Waals surface area (Å²) in [5.74, 6) is -0.0954. The number of likely N-dealkylation sites (tertiary alicyclic amines) is 2. The molecule has 1 aliphatic carbocycles. The van der Waals surface area contributed by atoms with E-state index in [-0.39, 0.29) is 24.3 Å². The smallest absolute Gasteiger partial charge is 0.304 e. The molecule has 0 unspecified atom stereocenters. The number of carboxylic acids is 1. The fraction of sp³-hybridized carbons (Fsp3) is 0.704. The van der Waals surface area contributed by atoms with Gasteiger partial charge in [-0.3, -0.25) is 14.5 Å². The van der Waals surface area contributed by atoms with Gasteiger partial charge in [-0.2, -0.15) is 0 Å². The molecule has 1 aromatic rings. The molecular formula is C27H41N3O3. The van der Waals surface area contributed by atoms with Crippen LogP contribution in [0.1, 0.15) is 63.9 Å². The molecule has 2 saturated heterocycles. The van der Waals surface area contributed by atoms with Crippen molar-refractivity contribution in [3.63, 3.8) is 0 Å². The fourth-order valence-electron chi connectivity index (χ4n) is 6.34. The maximum atomic E-state index is 13.6. The van der Waals surface area contributed by atoms with Crippen molar-refractivity contribution in [2.45, 2.75) is 70.9 Å². The zero-order valence-corrected chi connectivity index (χ0v) is 20.2. The first-order valence-corrected chi connectivity index (χ1v) is 13.0. The minimum absolute atomic E-state index is 0.00343. The van der Waals surface area contributed by atoms with Gasteiger partial charge in [-0.1, -0.05) is 56.5 Å². The number of carbonyl (C=O) groups is 2. The van der Waals surface area contributed by atoms with Crippen molar-refractivity contribution in [3.8, 4) is 0 Å². The van der Waals surface area contributed by atoms with Gasteiger partial charge in [0.2, 0.25) is 5.91 Å². The summed E-state index contributed by atoms with van der Waals surface area (Å²) in [6.45, 7) is 7.30. The molecule has 182 valence electrons. The summed E-state index contributed by atoms with van der Waals surface area (Å²) in [5.41, 5.74) is 0.335. The van der Waals surface area contributed by atoms with Crippen LogP contribution in [0.2, 0.25) is 0 Å². The number of hydrogen-bond donors (Lipinski definition) is 2. The van der Waals surface area contributed by atoms with Crippen LogP contribution in [0.4, 0.5) is 0 Å². The summed E-state index contributed by atoms with van der Waals surface area (Å²) in [7, 11) is 0. The predicted octanol–water partition coefficient (Wildman–Crippen LogP) is 3.76. The van der Waals surface area contributed by atoms with Gasteiger partial charge in [0, 0.05) is 45.3 Å². The average Bonchev–Trinajstić information content (AvgIpc) is 3.11. The second-order valence-electron chi connectivity index (χ2n) is 10.8. The van der Waals surface area contributed by atoms with Crippen LogP contribution in [0.3, 0.4) is 0 Å². The predicted molar refractivity (Wildman–Crippen MR) is 130 cm³/mol. The van der Waals surface area contributed by atoms with Crippen LogP contribution in [0.25, 0.3) is 0 Å². The minimum atomic E-state index is -0.888. The zero-order valence-electron chi connectivity index (χ0n) is 20.2. The quantitative estimate of drug-likeness (QED) is 0.624. The standard InChI is InChI=1S/C27H41N3O3/c1-21-17-30(19-23-10-6-3-7-11-23)20-27(21,16-25(31)32)26(33)28-24-12-14-29(15-13-24)18-22-8-4-2-5-9-22/h3,6-7,10-11,21-22,24H,2,4-5,8-9,12-20H2,1H3,(H,28,33)(H,31,32)/t21-,27-/m0/s1. The summed E-state index contributed by atoms with van der Waals surface area (Å²) in [4.78, 5) is 30.2. The molecule has 1 aromatic carbocycles. The van der Waals surface area contributed by atoms with Gasteiger partial charge in [0.15, 0.2) is 0 Å². The Kier molecular flexibility index (Phi) is 8.07. The van der Waals surface area contributed by atoms with Crippen LogP contribution in [-0.2, 0) is 16.1 Å². The first kappa shape index (κ1) is 24.2. The van der Waals surface area contributed by atoms with Crippen LogP contribution in [-0.4, -0.2) is 65.5 Å². The number of rotatable bonds is 8. The first-order valence-electron chi connectivity index (χ1n) is 13.0. The van der Waals surface area contributed by atoms with E-state index >= 15 is 0 Å². The van der Waals surface area contributed by atoms with Crippen LogP contribution >= 0.6 is 0 Å². The van der Waals surface area contributed by atoms with Crippen molar-refractivity contribution in [2.24, 2.45) is 17.3 Å². The summed E-state index contributed by atoms with van der Waals surface area (Å²) >= 11 is 0. The summed E-state index contributed by atoms with van der Waals surface area (Å²) in [5, 5.41) is 13.0. The maximum Gasteiger partial charge on any atom is 0.304 e. The summed E-state index contributed by atoms with van der Waals surface area (Å²) in [6, 6.07) is 10.4. The molecule has 1 amide bonds. The van der Waals surface area contributed by atoms with E-state index in [0.29, 0.717) is 6.54 Å². The summed E-state index contributed by atoms with van der Waals surface area (Å²) in [6.07, 6.45) is 8.70. The van der Waals surface area contributed by atoms with Gasteiger partial charge in [-0.15, -0.1) is 0 Å². The van der Waals surface area contributed by atoms with Gasteiger partial charge in [-0.25, -0.2) is 0 Å². The number of piperidine rings is 1. The largest absolute Gasteiger partial charge is 0.481 e. The number of nitrogens with zero attached hydrogens (tertiary/aromatic N) is 2. The van der Waals surface area contributed by atoms with Crippen LogP contribution in [0.15, 0.2) is 30.3 Å². The third kappa shape index (κ3) is 6.15. The Balaban J connectivity index is 1.33. The SMILES string of the molecule is C[C@H]1CN(Cc2ccccc2)C[C@]1(CC(=O)O)C(=O)NC1CCN(CC2CCCCC2)CC1. The lowest BCUT2D eigenvalue weighted by atomic mass is 9.75. The van der Waals surface area contributed by atoms with E-state index in [1.807, 2.05) is 25.1 Å². The van der Waals surface area contributed by atoms with Crippen molar-refractivity contribution < 1.29 is 14.7 Å². The number of nitrogens with one attached hydrogen (secondary N) is 1. The number of aliphatic carboxylic acids is 1. The molecule has 0 aromatic heterocycles. The average molecular weight is 456 g/mol. The Labute approximate surface area is 198 Å². The number of hydrogen-bond acceptors (Lipinski definition) is 4. The molecule has 33 heavy (non-hydrogen) atoms. The van der Waals surface area contributed by atoms with E-state index in [4.69, 9.17) is 0 Å². The van der Waals surface area contributed by atoms with Gasteiger partial charge >= 0.3 is 5.97 Å². The fourth-order valence-corrected chi connectivity index (χ4v) is 6.34.